The molecule has 1 aliphatic heterocycles. The van der Waals surface area contributed by atoms with Crippen LogP contribution in [0.1, 0.15) is 28.2 Å². The molecule has 2 aromatic carbocycles. The predicted octanol–water partition coefficient (Wildman–Crippen LogP) is 3.86. The predicted molar refractivity (Wildman–Crippen MR) is 72.7 cm³/mol. The zero-order chi connectivity index (χ0) is 11.8. The van der Waals surface area contributed by atoms with E-state index < -0.39 is 0 Å². The molecule has 0 radical (unpaired) electrons. The number of benzene rings is 2. The van der Waals surface area contributed by atoms with Gasteiger partial charge < -0.3 is 5.32 Å². The molecule has 1 heterocycles. The summed E-state index contributed by atoms with van der Waals surface area (Å²) in [6.07, 6.45) is 0. The molecule has 17 heavy (non-hydrogen) atoms. The third-order valence-electron chi connectivity index (χ3n) is 3.64. The second kappa shape index (κ2) is 3.92. The van der Waals surface area contributed by atoms with Gasteiger partial charge in [0, 0.05) is 18.2 Å². The molecule has 86 valence electrons. The SMILES string of the molecule is Cc1ccc(C)c(C2CNc3ccccc32)c1. The van der Waals surface area contributed by atoms with E-state index >= 15 is 0 Å². The summed E-state index contributed by atoms with van der Waals surface area (Å²) in [6, 6.07) is 15.4. The van der Waals surface area contributed by atoms with Gasteiger partial charge in [-0.05, 0) is 36.6 Å². The van der Waals surface area contributed by atoms with Crippen LogP contribution >= 0.6 is 0 Å². The lowest BCUT2D eigenvalue weighted by molar-refractivity contribution is 0.894. The van der Waals surface area contributed by atoms with Crippen molar-refractivity contribution in [3.8, 4) is 0 Å². The van der Waals surface area contributed by atoms with Crippen molar-refractivity contribution in [1.29, 1.82) is 0 Å². The van der Waals surface area contributed by atoms with E-state index in [0.717, 1.165) is 6.54 Å². The van der Waals surface area contributed by atoms with Gasteiger partial charge in [-0.15, -0.1) is 0 Å². The lowest BCUT2D eigenvalue weighted by Crippen LogP contribution is -2.05. The molecule has 1 nitrogen and oxygen atoms in total. The molecule has 1 N–H and O–H groups in total. The summed E-state index contributed by atoms with van der Waals surface area (Å²) < 4.78 is 0. The van der Waals surface area contributed by atoms with Gasteiger partial charge >= 0.3 is 0 Å². The van der Waals surface area contributed by atoms with E-state index in [1.165, 1.54) is 27.9 Å². The van der Waals surface area contributed by atoms with Crippen molar-refractivity contribution in [2.45, 2.75) is 19.8 Å². The standard InChI is InChI=1S/C16H17N/c1-11-7-8-12(2)14(9-11)15-10-17-16-6-4-3-5-13(15)16/h3-9,15,17H,10H2,1-2H3. The highest BCUT2D eigenvalue weighted by Crippen LogP contribution is 2.37. The van der Waals surface area contributed by atoms with Crippen molar-refractivity contribution >= 4 is 5.69 Å². The maximum Gasteiger partial charge on any atom is 0.0379 e. The van der Waals surface area contributed by atoms with Gasteiger partial charge in [0.25, 0.3) is 0 Å². The highest BCUT2D eigenvalue weighted by molar-refractivity contribution is 5.61. The summed E-state index contributed by atoms with van der Waals surface area (Å²) in [6.45, 7) is 5.39. The molecule has 0 amide bonds. The second-order valence-electron chi connectivity index (χ2n) is 4.88. The lowest BCUT2D eigenvalue weighted by atomic mass is 9.89. The van der Waals surface area contributed by atoms with Crippen molar-refractivity contribution in [3.63, 3.8) is 0 Å². The Labute approximate surface area is 102 Å². The summed E-state index contributed by atoms with van der Waals surface area (Å²) in [4.78, 5) is 0. The van der Waals surface area contributed by atoms with Gasteiger partial charge in [-0.1, -0.05) is 42.0 Å². The Hall–Kier alpha value is -1.76. The quantitative estimate of drug-likeness (QED) is 0.774. The van der Waals surface area contributed by atoms with Crippen molar-refractivity contribution < 1.29 is 0 Å². The number of aryl methyl sites for hydroxylation is 2. The molecule has 0 aromatic heterocycles. The molecule has 1 atom stereocenters. The van der Waals surface area contributed by atoms with Crippen molar-refractivity contribution in [2.24, 2.45) is 0 Å². The van der Waals surface area contributed by atoms with Crippen LogP contribution in [0.5, 0.6) is 0 Å². The Kier molecular flexibility index (Phi) is 2.40. The number of nitrogens with one attached hydrogen (secondary N) is 1. The van der Waals surface area contributed by atoms with E-state index in [1.54, 1.807) is 0 Å². The first-order valence-electron chi connectivity index (χ1n) is 6.15. The smallest absolute Gasteiger partial charge is 0.0379 e. The van der Waals surface area contributed by atoms with Crippen LogP contribution in [-0.4, -0.2) is 6.54 Å². The van der Waals surface area contributed by atoms with Gasteiger partial charge in [0.1, 0.15) is 0 Å². The van der Waals surface area contributed by atoms with E-state index in [1.807, 2.05) is 0 Å². The third-order valence-corrected chi connectivity index (χ3v) is 3.64. The number of para-hydroxylation sites is 1. The van der Waals surface area contributed by atoms with Crippen LogP contribution < -0.4 is 5.32 Å². The Balaban J connectivity index is 2.10. The Bertz CT molecular complexity index is 557. The Morgan fingerprint density at radius 3 is 2.71 bits per heavy atom. The second-order valence-corrected chi connectivity index (χ2v) is 4.88. The molecule has 0 saturated heterocycles. The summed E-state index contributed by atoms with van der Waals surface area (Å²) in [5.41, 5.74) is 6.91. The fraction of sp³-hybridized carbons (Fsp3) is 0.250. The van der Waals surface area contributed by atoms with E-state index in [2.05, 4.69) is 61.6 Å². The molecule has 0 saturated carbocycles. The van der Waals surface area contributed by atoms with Crippen molar-refractivity contribution in [1.82, 2.24) is 0 Å². The summed E-state index contributed by atoms with van der Waals surface area (Å²) in [5, 5.41) is 3.50. The minimum atomic E-state index is 0.506. The molecule has 2 aromatic rings. The van der Waals surface area contributed by atoms with E-state index in [0.29, 0.717) is 5.92 Å². The van der Waals surface area contributed by atoms with Crippen LogP contribution in [0.25, 0.3) is 0 Å². The van der Waals surface area contributed by atoms with Crippen molar-refractivity contribution in [3.05, 3.63) is 64.7 Å². The Morgan fingerprint density at radius 1 is 1.00 bits per heavy atom. The maximum absolute atomic E-state index is 3.50. The van der Waals surface area contributed by atoms with Gasteiger partial charge in [-0.2, -0.15) is 0 Å². The summed E-state index contributed by atoms with van der Waals surface area (Å²) in [7, 11) is 0. The van der Waals surface area contributed by atoms with Gasteiger partial charge in [-0.3, -0.25) is 0 Å². The number of rotatable bonds is 1. The van der Waals surface area contributed by atoms with Gasteiger partial charge in [0.15, 0.2) is 0 Å². The maximum atomic E-state index is 3.50. The lowest BCUT2D eigenvalue weighted by Gasteiger charge is -2.14. The molecule has 1 unspecified atom stereocenters. The largest absolute Gasteiger partial charge is 0.384 e. The monoisotopic (exact) mass is 223 g/mol. The first-order valence-corrected chi connectivity index (χ1v) is 6.15. The molecule has 1 heteroatoms. The minimum Gasteiger partial charge on any atom is -0.384 e. The van der Waals surface area contributed by atoms with Crippen LogP contribution in [0.3, 0.4) is 0 Å². The molecule has 1 aliphatic rings. The highest BCUT2D eigenvalue weighted by Gasteiger charge is 2.24. The first kappa shape index (κ1) is 10.4. The number of anilines is 1. The fourth-order valence-electron chi connectivity index (χ4n) is 2.70. The number of hydrogen-bond acceptors (Lipinski definition) is 1. The molecule has 0 aliphatic carbocycles. The van der Waals surface area contributed by atoms with Gasteiger partial charge in [0.05, 0.1) is 0 Å². The Morgan fingerprint density at radius 2 is 1.82 bits per heavy atom. The molecule has 0 bridgehead atoms. The fourth-order valence-corrected chi connectivity index (χ4v) is 2.70. The normalized spacial score (nSPS) is 17.6. The van der Waals surface area contributed by atoms with E-state index in [9.17, 15) is 0 Å². The highest BCUT2D eigenvalue weighted by atomic mass is 14.9. The molecule has 3 rings (SSSR count). The van der Waals surface area contributed by atoms with Crippen LogP contribution in [-0.2, 0) is 0 Å². The zero-order valence-electron chi connectivity index (χ0n) is 10.3. The molecule has 0 spiro atoms. The average Bonchev–Trinajstić information content (AvgIpc) is 2.76. The topological polar surface area (TPSA) is 12.0 Å². The van der Waals surface area contributed by atoms with E-state index in [4.69, 9.17) is 0 Å². The van der Waals surface area contributed by atoms with Crippen LogP contribution in [0, 0.1) is 13.8 Å². The average molecular weight is 223 g/mol. The third kappa shape index (κ3) is 1.72. The van der Waals surface area contributed by atoms with Crippen molar-refractivity contribution in [2.75, 3.05) is 11.9 Å². The minimum absolute atomic E-state index is 0.506. The molecular formula is C16H17N. The summed E-state index contributed by atoms with van der Waals surface area (Å²) in [5.74, 6) is 0.506. The van der Waals surface area contributed by atoms with Crippen LogP contribution in [0.4, 0.5) is 5.69 Å². The number of fused-ring (bicyclic) bond motifs is 1. The van der Waals surface area contributed by atoms with Crippen LogP contribution in [0.15, 0.2) is 42.5 Å². The first-order chi connectivity index (χ1) is 8.25. The van der Waals surface area contributed by atoms with Gasteiger partial charge in [0.2, 0.25) is 0 Å². The zero-order valence-corrected chi connectivity index (χ0v) is 10.3. The molecule has 0 fully saturated rings. The summed E-state index contributed by atoms with van der Waals surface area (Å²) >= 11 is 0. The van der Waals surface area contributed by atoms with Crippen LogP contribution in [0.2, 0.25) is 0 Å². The van der Waals surface area contributed by atoms with Gasteiger partial charge in [-0.25, -0.2) is 0 Å². The van der Waals surface area contributed by atoms with E-state index in [-0.39, 0.29) is 0 Å². The molecular weight excluding hydrogens is 206 g/mol. The number of hydrogen-bond donors (Lipinski definition) is 1.